The minimum Gasteiger partial charge on any atom is -0.379 e. The van der Waals surface area contributed by atoms with E-state index in [2.05, 4.69) is 29.4 Å². The molecule has 88 valence electrons. The van der Waals surface area contributed by atoms with Crippen LogP contribution in [-0.2, 0) is 4.74 Å². The van der Waals surface area contributed by atoms with Crippen LogP contribution >= 0.6 is 12.6 Å². The molecule has 0 amide bonds. The van der Waals surface area contributed by atoms with Gasteiger partial charge in [-0.15, -0.1) is 0 Å². The van der Waals surface area contributed by atoms with Gasteiger partial charge in [-0.25, -0.2) is 0 Å². The molecule has 2 aliphatic rings. The van der Waals surface area contributed by atoms with E-state index in [1.54, 1.807) is 0 Å². The molecule has 4 heteroatoms. The van der Waals surface area contributed by atoms with Crippen LogP contribution in [0.4, 0.5) is 0 Å². The Labute approximate surface area is 98.2 Å². The first-order valence-corrected chi connectivity index (χ1v) is 6.49. The lowest BCUT2D eigenvalue weighted by molar-refractivity contribution is -0.0320. The molecule has 0 radical (unpaired) electrons. The van der Waals surface area contributed by atoms with Gasteiger partial charge in [0.15, 0.2) is 0 Å². The van der Waals surface area contributed by atoms with Gasteiger partial charge in [-0.3, -0.25) is 4.90 Å². The van der Waals surface area contributed by atoms with Gasteiger partial charge in [-0.05, 0) is 13.0 Å². The summed E-state index contributed by atoms with van der Waals surface area (Å²) in [6.45, 7) is 9.98. The maximum atomic E-state index is 5.36. The molecule has 1 unspecified atom stereocenters. The zero-order chi connectivity index (χ0) is 10.7. The van der Waals surface area contributed by atoms with Crippen LogP contribution in [0.15, 0.2) is 0 Å². The Bertz CT molecular complexity index is 189. The molecular formula is C11H22N2OS. The molecular weight excluding hydrogens is 208 g/mol. The van der Waals surface area contributed by atoms with Gasteiger partial charge in [-0.2, -0.15) is 12.6 Å². The predicted molar refractivity (Wildman–Crippen MR) is 65.7 cm³/mol. The maximum absolute atomic E-state index is 5.36. The molecule has 0 aromatic rings. The van der Waals surface area contributed by atoms with Gasteiger partial charge < -0.3 is 9.64 Å². The van der Waals surface area contributed by atoms with Gasteiger partial charge in [0.25, 0.3) is 0 Å². The summed E-state index contributed by atoms with van der Waals surface area (Å²) < 4.78 is 5.36. The first kappa shape index (κ1) is 11.7. The van der Waals surface area contributed by atoms with Crippen molar-refractivity contribution in [2.45, 2.75) is 24.6 Å². The van der Waals surface area contributed by atoms with E-state index < -0.39 is 0 Å². The number of hydrogen-bond acceptors (Lipinski definition) is 4. The van der Waals surface area contributed by atoms with Crippen LogP contribution in [0.25, 0.3) is 0 Å². The van der Waals surface area contributed by atoms with E-state index in [1.165, 1.54) is 26.1 Å². The monoisotopic (exact) mass is 230 g/mol. The summed E-state index contributed by atoms with van der Waals surface area (Å²) >= 11 is 4.41. The highest BCUT2D eigenvalue weighted by Crippen LogP contribution is 2.17. The molecule has 0 bridgehead atoms. The first-order valence-electron chi connectivity index (χ1n) is 5.98. The van der Waals surface area contributed by atoms with Crippen LogP contribution in [0.3, 0.4) is 0 Å². The summed E-state index contributed by atoms with van der Waals surface area (Å²) in [6, 6.07) is 0.795. The normalized spacial score (nSPS) is 27.6. The lowest BCUT2D eigenvalue weighted by Gasteiger charge is -2.46. The Morgan fingerprint density at radius 3 is 2.60 bits per heavy atom. The van der Waals surface area contributed by atoms with E-state index in [0.717, 1.165) is 32.3 Å². The number of thiol groups is 1. The van der Waals surface area contributed by atoms with Gasteiger partial charge in [0.2, 0.25) is 0 Å². The lowest BCUT2D eigenvalue weighted by atomic mass is 10.1. The van der Waals surface area contributed by atoms with Crippen molar-refractivity contribution < 1.29 is 4.74 Å². The number of rotatable bonds is 4. The summed E-state index contributed by atoms with van der Waals surface area (Å²) in [5.74, 6) is 0. The standard InChI is InChI=1S/C11H22N2OS/c1-10(15)2-3-12-8-11(9-12)13-4-6-14-7-5-13/h10-11,15H,2-9H2,1H3. The van der Waals surface area contributed by atoms with Crippen molar-refractivity contribution in [3.8, 4) is 0 Å². The fourth-order valence-corrected chi connectivity index (χ4v) is 2.38. The Morgan fingerprint density at radius 1 is 1.33 bits per heavy atom. The van der Waals surface area contributed by atoms with Crippen molar-refractivity contribution >= 4 is 12.6 Å². The summed E-state index contributed by atoms with van der Waals surface area (Å²) in [5, 5.41) is 0.535. The first-order chi connectivity index (χ1) is 7.25. The van der Waals surface area contributed by atoms with Gasteiger partial charge in [0, 0.05) is 37.5 Å². The second kappa shape index (κ2) is 5.53. The molecule has 0 spiro atoms. The van der Waals surface area contributed by atoms with Crippen molar-refractivity contribution in [2.75, 3.05) is 45.9 Å². The summed E-state index contributed by atoms with van der Waals surface area (Å²) in [5.41, 5.74) is 0. The molecule has 0 aliphatic carbocycles. The van der Waals surface area contributed by atoms with Gasteiger partial charge >= 0.3 is 0 Å². The third-order valence-electron chi connectivity index (χ3n) is 3.36. The van der Waals surface area contributed by atoms with Crippen molar-refractivity contribution in [1.29, 1.82) is 0 Å². The zero-order valence-corrected chi connectivity index (χ0v) is 10.5. The molecule has 0 N–H and O–H groups in total. The fraction of sp³-hybridized carbons (Fsp3) is 1.00. The molecule has 2 aliphatic heterocycles. The Morgan fingerprint density at radius 2 is 2.00 bits per heavy atom. The van der Waals surface area contributed by atoms with Crippen LogP contribution in [0, 0.1) is 0 Å². The Kier molecular flexibility index (Phi) is 4.31. The molecule has 2 fully saturated rings. The minimum absolute atomic E-state index is 0.535. The highest BCUT2D eigenvalue weighted by Gasteiger charge is 2.31. The van der Waals surface area contributed by atoms with E-state index in [-0.39, 0.29) is 0 Å². The average Bonchev–Trinajstić information content (AvgIpc) is 2.16. The second-order valence-electron chi connectivity index (χ2n) is 4.70. The van der Waals surface area contributed by atoms with E-state index in [1.807, 2.05) is 0 Å². The van der Waals surface area contributed by atoms with Gasteiger partial charge in [0.05, 0.1) is 13.2 Å². The third-order valence-corrected chi connectivity index (χ3v) is 3.62. The molecule has 2 rings (SSSR count). The molecule has 0 saturated carbocycles. The highest BCUT2D eigenvalue weighted by molar-refractivity contribution is 7.80. The molecule has 1 atom stereocenters. The van der Waals surface area contributed by atoms with Crippen LogP contribution < -0.4 is 0 Å². The number of likely N-dealkylation sites (tertiary alicyclic amines) is 1. The van der Waals surface area contributed by atoms with Crippen LogP contribution in [0.5, 0.6) is 0 Å². The van der Waals surface area contributed by atoms with Crippen LogP contribution in [-0.4, -0.2) is 67.0 Å². The van der Waals surface area contributed by atoms with Gasteiger partial charge in [-0.1, -0.05) is 6.92 Å². The quantitative estimate of drug-likeness (QED) is 0.716. The zero-order valence-electron chi connectivity index (χ0n) is 9.56. The molecule has 3 nitrogen and oxygen atoms in total. The van der Waals surface area contributed by atoms with Crippen LogP contribution in [0.2, 0.25) is 0 Å². The maximum Gasteiger partial charge on any atom is 0.0594 e. The number of ether oxygens (including phenoxy) is 1. The molecule has 2 heterocycles. The summed E-state index contributed by atoms with van der Waals surface area (Å²) in [7, 11) is 0. The van der Waals surface area contributed by atoms with Crippen molar-refractivity contribution in [2.24, 2.45) is 0 Å². The Balaban J connectivity index is 1.60. The topological polar surface area (TPSA) is 15.7 Å². The minimum atomic E-state index is 0.535. The lowest BCUT2D eigenvalue weighted by Crippen LogP contribution is -2.61. The smallest absolute Gasteiger partial charge is 0.0594 e. The highest BCUT2D eigenvalue weighted by atomic mass is 32.1. The molecule has 15 heavy (non-hydrogen) atoms. The fourth-order valence-electron chi connectivity index (χ4n) is 2.27. The summed E-state index contributed by atoms with van der Waals surface area (Å²) in [6.07, 6.45) is 1.21. The SMILES string of the molecule is CC(S)CCN1CC(N2CCOCC2)C1. The van der Waals surface area contributed by atoms with E-state index in [0.29, 0.717) is 5.25 Å². The van der Waals surface area contributed by atoms with E-state index >= 15 is 0 Å². The molecule has 0 aromatic heterocycles. The van der Waals surface area contributed by atoms with E-state index in [4.69, 9.17) is 4.74 Å². The number of hydrogen-bond donors (Lipinski definition) is 1. The average molecular weight is 230 g/mol. The number of nitrogens with zero attached hydrogens (tertiary/aromatic N) is 2. The van der Waals surface area contributed by atoms with Crippen molar-refractivity contribution in [1.82, 2.24) is 9.80 Å². The summed E-state index contributed by atoms with van der Waals surface area (Å²) in [4.78, 5) is 5.11. The van der Waals surface area contributed by atoms with Crippen LogP contribution in [0.1, 0.15) is 13.3 Å². The largest absolute Gasteiger partial charge is 0.379 e. The number of morpholine rings is 1. The van der Waals surface area contributed by atoms with Crippen molar-refractivity contribution in [3.63, 3.8) is 0 Å². The van der Waals surface area contributed by atoms with Gasteiger partial charge in [0.1, 0.15) is 0 Å². The molecule has 0 aromatic carbocycles. The molecule has 2 saturated heterocycles. The second-order valence-corrected chi connectivity index (χ2v) is 5.58. The van der Waals surface area contributed by atoms with Crippen molar-refractivity contribution in [3.05, 3.63) is 0 Å². The van der Waals surface area contributed by atoms with E-state index in [9.17, 15) is 0 Å². The third kappa shape index (κ3) is 3.34. The predicted octanol–water partition coefficient (Wildman–Crippen LogP) is 0.711. The Hall–Kier alpha value is 0.230.